The fourth-order valence-electron chi connectivity index (χ4n) is 6.39. The maximum atomic E-state index is 5.98. The SMILES string of the molecule is Cc1cc(C)cc(N(c2ccc(C=C(c3ccc(OCc4ccco4)cc3)c3ccc(OCc4ccco4)cc3)cc2)c2cc(C)cc(C)c2)c1. The number of hydrogen-bond donors (Lipinski definition) is 0. The van der Waals surface area contributed by atoms with Crippen molar-refractivity contribution >= 4 is 28.7 Å². The van der Waals surface area contributed by atoms with Gasteiger partial charge < -0.3 is 23.2 Å². The van der Waals surface area contributed by atoms with Crippen molar-refractivity contribution < 1.29 is 18.3 Å². The Morgan fingerprint density at radius 1 is 0.510 bits per heavy atom. The van der Waals surface area contributed by atoms with Crippen LogP contribution in [-0.4, -0.2) is 0 Å². The zero-order valence-corrected chi connectivity index (χ0v) is 29.4. The van der Waals surface area contributed by atoms with E-state index in [-0.39, 0.29) is 0 Å². The van der Waals surface area contributed by atoms with Crippen LogP contribution in [0.15, 0.2) is 155 Å². The third-order valence-corrected chi connectivity index (χ3v) is 8.64. The maximum Gasteiger partial charge on any atom is 0.146 e. The molecule has 5 nitrogen and oxygen atoms in total. The summed E-state index contributed by atoms with van der Waals surface area (Å²) in [6.07, 6.45) is 5.55. The molecule has 5 heteroatoms. The Bertz CT molecular complexity index is 2040. The van der Waals surface area contributed by atoms with Gasteiger partial charge in [-0.05, 0) is 163 Å². The second-order valence-corrected chi connectivity index (χ2v) is 13.0. The lowest BCUT2D eigenvalue weighted by atomic mass is 9.95. The zero-order valence-electron chi connectivity index (χ0n) is 29.4. The number of furan rings is 2. The van der Waals surface area contributed by atoms with Gasteiger partial charge in [-0.2, -0.15) is 0 Å². The number of benzene rings is 5. The molecule has 0 fully saturated rings. The van der Waals surface area contributed by atoms with E-state index in [1.54, 1.807) is 12.5 Å². The van der Waals surface area contributed by atoms with Gasteiger partial charge in [0.1, 0.15) is 36.2 Å². The first kappa shape index (κ1) is 33.3. The van der Waals surface area contributed by atoms with Gasteiger partial charge in [0.2, 0.25) is 0 Å². The summed E-state index contributed by atoms with van der Waals surface area (Å²) in [4.78, 5) is 2.34. The molecule has 2 aromatic heterocycles. The molecule has 0 N–H and O–H groups in total. The van der Waals surface area contributed by atoms with Crippen molar-refractivity contribution in [3.8, 4) is 11.5 Å². The number of nitrogens with zero attached hydrogens (tertiary/aromatic N) is 1. The largest absolute Gasteiger partial charge is 0.486 e. The highest BCUT2D eigenvalue weighted by molar-refractivity contribution is 5.92. The molecule has 0 amide bonds. The molecule has 0 saturated heterocycles. The van der Waals surface area contributed by atoms with Gasteiger partial charge in [-0.25, -0.2) is 0 Å². The molecular weight excluding hydrogens is 631 g/mol. The second-order valence-electron chi connectivity index (χ2n) is 13.0. The highest BCUT2D eigenvalue weighted by atomic mass is 16.5. The van der Waals surface area contributed by atoms with Crippen LogP contribution in [0.3, 0.4) is 0 Å². The number of aryl methyl sites for hydroxylation is 4. The summed E-state index contributed by atoms with van der Waals surface area (Å²) < 4.78 is 22.8. The first-order valence-corrected chi connectivity index (χ1v) is 17.2. The van der Waals surface area contributed by atoms with E-state index in [0.717, 1.165) is 62.3 Å². The Hall–Kier alpha value is -6.20. The molecule has 254 valence electrons. The maximum absolute atomic E-state index is 5.98. The van der Waals surface area contributed by atoms with Crippen LogP contribution in [0.1, 0.15) is 50.5 Å². The van der Waals surface area contributed by atoms with Gasteiger partial charge in [0.25, 0.3) is 0 Å². The van der Waals surface area contributed by atoms with Crippen LogP contribution in [0.5, 0.6) is 11.5 Å². The summed E-state index contributed by atoms with van der Waals surface area (Å²) in [6, 6.07) is 46.2. The average Bonchev–Trinajstić information content (AvgIpc) is 3.85. The standard InChI is InChI=1S/C46H41NO4/c1-32-23-33(2)26-40(25-32)47(41-27-34(3)24-35(4)28-41)39-15-9-36(10-16-39)29-46(37-11-17-42(18-12-37)50-30-44-7-5-21-48-44)38-13-19-43(20-14-38)51-31-45-8-6-22-49-45/h5-29H,30-31H2,1-4H3. The summed E-state index contributed by atoms with van der Waals surface area (Å²) in [5.41, 5.74) is 12.6. The molecule has 0 aliphatic carbocycles. The lowest BCUT2D eigenvalue weighted by molar-refractivity contribution is 0.270. The number of ether oxygens (including phenoxy) is 2. The van der Waals surface area contributed by atoms with E-state index in [1.165, 1.54) is 22.3 Å². The van der Waals surface area contributed by atoms with Gasteiger partial charge in [-0.15, -0.1) is 0 Å². The van der Waals surface area contributed by atoms with Gasteiger partial charge in [0, 0.05) is 17.1 Å². The fraction of sp³-hybridized carbons (Fsp3) is 0.130. The average molecular weight is 672 g/mol. The van der Waals surface area contributed by atoms with Gasteiger partial charge in [0.05, 0.1) is 12.5 Å². The van der Waals surface area contributed by atoms with Crippen LogP contribution in [0, 0.1) is 27.7 Å². The summed E-state index contributed by atoms with van der Waals surface area (Å²) in [5.74, 6) is 3.12. The van der Waals surface area contributed by atoms with Crippen molar-refractivity contribution in [2.45, 2.75) is 40.9 Å². The number of hydrogen-bond acceptors (Lipinski definition) is 5. The molecule has 0 aliphatic rings. The quantitative estimate of drug-likeness (QED) is 0.121. The predicted octanol–water partition coefficient (Wildman–Crippen LogP) is 12.3. The van der Waals surface area contributed by atoms with Gasteiger partial charge >= 0.3 is 0 Å². The Morgan fingerprint density at radius 2 is 0.941 bits per heavy atom. The minimum Gasteiger partial charge on any atom is -0.486 e. The fourth-order valence-corrected chi connectivity index (χ4v) is 6.39. The molecule has 0 bridgehead atoms. The topological polar surface area (TPSA) is 48.0 Å². The summed E-state index contributed by atoms with van der Waals surface area (Å²) in [5, 5.41) is 0. The van der Waals surface area contributed by atoms with Gasteiger partial charge in [-0.3, -0.25) is 0 Å². The minimum atomic E-state index is 0.377. The van der Waals surface area contributed by atoms with E-state index in [9.17, 15) is 0 Å². The van der Waals surface area contributed by atoms with Gasteiger partial charge in [-0.1, -0.05) is 48.5 Å². The van der Waals surface area contributed by atoms with Crippen LogP contribution in [-0.2, 0) is 13.2 Å². The first-order chi connectivity index (χ1) is 24.9. The van der Waals surface area contributed by atoms with E-state index in [1.807, 2.05) is 48.5 Å². The zero-order chi connectivity index (χ0) is 35.2. The van der Waals surface area contributed by atoms with Crippen molar-refractivity contribution in [1.29, 1.82) is 0 Å². The summed E-state index contributed by atoms with van der Waals surface area (Å²) >= 11 is 0. The van der Waals surface area contributed by atoms with Crippen LogP contribution in [0.4, 0.5) is 17.1 Å². The summed E-state index contributed by atoms with van der Waals surface area (Å²) in [6.45, 7) is 9.37. The Labute approximate surface area is 300 Å². The van der Waals surface area contributed by atoms with E-state index >= 15 is 0 Å². The Balaban J connectivity index is 1.22. The van der Waals surface area contributed by atoms with Crippen molar-refractivity contribution in [3.05, 3.63) is 196 Å². The second kappa shape index (κ2) is 15.1. The number of anilines is 3. The molecule has 51 heavy (non-hydrogen) atoms. The van der Waals surface area contributed by atoms with E-state index < -0.39 is 0 Å². The smallest absolute Gasteiger partial charge is 0.146 e. The first-order valence-electron chi connectivity index (χ1n) is 17.2. The minimum absolute atomic E-state index is 0.377. The molecule has 0 aliphatic heterocycles. The van der Waals surface area contributed by atoms with Crippen LogP contribution < -0.4 is 14.4 Å². The Kier molecular flexibility index (Phi) is 9.89. The van der Waals surface area contributed by atoms with E-state index in [0.29, 0.717) is 13.2 Å². The van der Waals surface area contributed by atoms with E-state index in [2.05, 4.69) is 124 Å². The highest BCUT2D eigenvalue weighted by Crippen LogP contribution is 2.37. The molecular formula is C46H41NO4. The van der Waals surface area contributed by atoms with Crippen molar-refractivity contribution in [2.75, 3.05) is 4.90 Å². The highest BCUT2D eigenvalue weighted by Gasteiger charge is 2.15. The lowest BCUT2D eigenvalue weighted by Gasteiger charge is -2.27. The summed E-state index contributed by atoms with van der Waals surface area (Å²) in [7, 11) is 0. The van der Waals surface area contributed by atoms with Crippen LogP contribution in [0.2, 0.25) is 0 Å². The molecule has 0 radical (unpaired) electrons. The van der Waals surface area contributed by atoms with Crippen LogP contribution >= 0.6 is 0 Å². The molecule has 0 spiro atoms. The molecule has 7 rings (SSSR count). The Morgan fingerprint density at radius 3 is 1.33 bits per heavy atom. The van der Waals surface area contributed by atoms with Crippen molar-refractivity contribution in [2.24, 2.45) is 0 Å². The van der Waals surface area contributed by atoms with Crippen LogP contribution in [0.25, 0.3) is 11.6 Å². The predicted molar refractivity (Wildman–Crippen MR) is 206 cm³/mol. The van der Waals surface area contributed by atoms with Crippen molar-refractivity contribution in [1.82, 2.24) is 0 Å². The molecule has 7 aromatic rings. The lowest BCUT2D eigenvalue weighted by Crippen LogP contribution is -2.11. The van der Waals surface area contributed by atoms with Crippen molar-refractivity contribution in [3.63, 3.8) is 0 Å². The molecule has 0 saturated carbocycles. The third kappa shape index (κ3) is 8.34. The van der Waals surface area contributed by atoms with E-state index in [4.69, 9.17) is 18.3 Å². The molecule has 0 atom stereocenters. The molecule has 2 heterocycles. The van der Waals surface area contributed by atoms with Gasteiger partial charge in [0.15, 0.2) is 0 Å². The molecule has 0 unspecified atom stereocenters. The molecule has 5 aromatic carbocycles. The normalized spacial score (nSPS) is 10.9. The number of rotatable bonds is 12. The third-order valence-electron chi connectivity index (χ3n) is 8.64. The monoisotopic (exact) mass is 671 g/mol.